The second-order valence-electron chi connectivity index (χ2n) is 6.41. The van der Waals surface area contributed by atoms with Crippen LogP contribution in [0.25, 0.3) is 16.7 Å². The molecule has 0 saturated heterocycles. The summed E-state index contributed by atoms with van der Waals surface area (Å²) >= 11 is 6.13. The second kappa shape index (κ2) is 6.30. The predicted molar refractivity (Wildman–Crippen MR) is 91.9 cm³/mol. The number of hydrogen-bond donors (Lipinski definition) is 0. The predicted octanol–water partition coefficient (Wildman–Crippen LogP) is 4.35. The number of fused-ring (bicyclic) bond motifs is 1. The van der Waals surface area contributed by atoms with E-state index in [-0.39, 0.29) is 39.8 Å². The fourth-order valence-electron chi connectivity index (χ4n) is 2.99. The Morgan fingerprint density at radius 1 is 1.15 bits per heavy atom. The van der Waals surface area contributed by atoms with E-state index in [1.807, 2.05) is 0 Å². The van der Waals surface area contributed by atoms with E-state index >= 15 is 0 Å². The molecule has 4 rings (SSSR count). The molecule has 140 valence electrons. The molecule has 3 aromatic rings. The first kappa shape index (κ1) is 17.9. The maximum atomic E-state index is 13.3. The van der Waals surface area contributed by atoms with Crippen molar-refractivity contribution in [2.75, 3.05) is 0 Å². The Labute approximate surface area is 155 Å². The normalized spacial score (nSPS) is 19.4. The van der Waals surface area contributed by atoms with Crippen LogP contribution in [0.4, 0.5) is 17.6 Å². The number of halogens is 5. The van der Waals surface area contributed by atoms with Gasteiger partial charge in [0.05, 0.1) is 16.4 Å². The summed E-state index contributed by atoms with van der Waals surface area (Å²) in [5, 5.41) is 0.433. The zero-order valence-electron chi connectivity index (χ0n) is 13.7. The summed E-state index contributed by atoms with van der Waals surface area (Å²) < 4.78 is 53.7. The minimum absolute atomic E-state index is 0.167. The molecule has 2 atom stereocenters. The summed E-state index contributed by atoms with van der Waals surface area (Å²) in [6.45, 7) is 0. The maximum Gasteiger partial charge on any atom is 0.433 e. The van der Waals surface area contributed by atoms with Crippen LogP contribution in [0.5, 0.6) is 0 Å². The van der Waals surface area contributed by atoms with E-state index in [4.69, 9.17) is 11.6 Å². The lowest BCUT2D eigenvalue weighted by Gasteiger charge is -2.14. The van der Waals surface area contributed by atoms with Crippen molar-refractivity contribution < 1.29 is 17.6 Å². The van der Waals surface area contributed by atoms with Gasteiger partial charge in [0.2, 0.25) is 0 Å². The Morgan fingerprint density at radius 3 is 2.48 bits per heavy atom. The van der Waals surface area contributed by atoms with Crippen molar-refractivity contribution in [1.29, 1.82) is 0 Å². The number of benzene rings is 1. The van der Waals surface area contributed by atoms with Gasteiger partial charge in [0.1, 0.15) is 11.9 Å². The minimum atomic E-state index is -4.68. The molecular weight excluding hydrogens is 386 g/mol. The van der Waals surface area contributed by atoms with Crippen LogP contribution in [0.15, 0.2) is 41.2 Å². The number of aromatic nitrogens is 3. The van der Waals surface area contributed by atoms with Gasteiger partial charge in [0.25, 0.3) is 0 Å². The molecule has 0 spiro atoms. The lowest BCUT2D eigenvalue weighted by molar-refractivity contribution is -0.141. The van der Waals surface area contributed by atoms with E-state index in [0.29, 0.717) is 6.42 Å². The molecule has 1 fully saturated rings. The first-order valence-electron chi connectivity index (χ1n) is 8.14. The van der Waals surface area contributed by atoms with Gasteiger partial charge in [-0.25, -0.2) is 18.7 Å². The largest absolute Gasteiger partial charge is 0.433 e. The van der Waals surface area contributed by atoms with Gasteiger partial charge in [0.15, 0.2) is 5.65 Å². The van der Waals surface area contributed by atoms with Crippen LogP contribution in [0, 0.1) is 5.92 Å². The Balaban J connectivity index is 2.01. The van der Waals surface area contributed by atoms with Crippen molar-refractivity contribution in [2.45, 2.75) is 25.2 Å². The van der Waals surface area contributed by atoms with Crippen LogP contribution in [-0.4, -0.2) is 20.7 Å². The third-order valence-corrected chi connectivity index (χ3v) is 4.81. The Bertz CT molecular complexity index is 1100. The fourth-order valence-corrected chi connectivity index (χ4v) is 3.21. The Kier molecular flexibility index (Phi) is 4.18. The Morgan fingerprint density at radius 2 is 1.85 bits per heavy atom. The molecule has 27 heavy (non-hydrogen) atoms. The van der Waals surface area contributed by atoms with Gasteiger partial charge in [-0.2, -0.15) is 18.2 Å². The first-order chi connectivity index (χ1) is 12.8. The van der Waals surface area contributed by atoms with Crippen LogP contribution in [0.3, 0.4) is 0 Å². The van der Waals surface area contributed by atoms with E-state index in [0.717, 1.165) is 10.6 Å². The molecule has 0 amide bonds. The number of nitrogens with zero attached hydrogens (tertiary/aromatic N) is 3. The van der Waals surface area contributed by atoms with Crippen molar-refractivity contribution >= 4 is 22.6 Å². The zero-order chi connectivity index (χ0) is 19.3. The average molecular weight is 398 g/mol. The second-order valence-corrected chi connectivity index (χ2v) is 6.82. The first-order valence-corrected chi connectivity index (χ1v) is 8.52. The van der Waals surface area contributed by atoms with Crippen LogP contribution in [0.2, 0.25) is 5.02 Å². The van der Waals surface area contributed by atoms with Gasteiger partial charge in [-0.15, -0.1) is 0 Å². The molecule has 1 aliphatic carbocycles. The third-order valence-electron chi connectivity index (χ3n) is 4.50. The molecular formula is C18H12ClF4N3O. The van der Waals surface area contributed by atoms with Gasteiger partial charge >= 0.3 is 11.9 Å². The number of pyridine rings is 1. The Hall–Kier alpha value is -2.48. The highest BCUT2D eigenvalue weighted by molar-refractivity contribution is 6.32. The molecule has 0 bridgehead atoms. The summed E-state index contributed by atoms with van der Waals surface area (Å²) in [4.78, 5) is 20.3. The molecule has 0 aliphatic heterocycles. The van der Waals surface area contributed by atoms with Crippen LogP contribution >= 0.6 is 11.6 Å². The monoisotopic (exact) mass is 397 g/mol. The topological polar surface area (TPSA) is 47.8 Å². The van der Waals surface area contributed by atoms with Crippen molar-refractivity contribution in [3.05, 3.63) is 63.3 Å². The van der Waals surface area contributed by atoms with Gasteiger partial charge in [0, 0.05) is 5.39 Å². The molecule has 1 aromatic carbocycles. The van der Waals surface area contributed by atoms with Crippen LogP contribution in [0.1, 0.15) is 17.8 Å². The lowest BCUT2D eigenvalue weighted by atomic mass is 10.1. The highest BCUT2D eigenvalue weighted by atomic mass is 35.5. The smallest absolute Gasteiger partial charge is 0.247 e. The molecule has 9 heteroatoms. The molecule has 2 heterocycles. The molecule has 0 radical (unpaired) electrons. The van der Waals surface area contributed by atoms with E-state index in [1.165, 1.54) is 18.2 Å². The van der Waals surface area contributed by atoms with Gasteiger partial charge in [-0.05, 0) is 43.0 Å². The molecule has 1 saturated carbocycles. The maximum absolute atomic E-state index is 13.3. The van der Waals surface area contributed by atoms with Crippen molar-refractivity contribution in [1.82, 2.24) is 14.5 Å². The van der Waals surface area contributed by atoms with Gasteiger partial charge in [-0.3, -0.25) is 0 Å². The van der Waals surface area contributed by atoms with Crippen molar-refractivity contribution in [2.24, 2.45) is 5.92 Å². The quantitative estimate of drug-likeness (QED) is 0.617. The summed E-state index contributed by atoms with van der Waals surface area (Å²) in [5.74, 6) is -0.279. The van der Waals surface area contributed by atoms with Gasteiger partial charge in [-0.1, -0.05) is 23.7 Å². The molecule has 0 N–H and O–H groups in total. The van der Waals surface area contributed by atoms with E-state index in [1.54, 1.807) is 12.1 Å². The number of rotatable bonds is 3. The van der Waals surface area contributed by atoms with Crippen molar-refractivity contribution in [3.63, 3.8) is 0 Å². The van der Waals surface area contributed by atoms with Crippen molar-refractivity contribution in [3.8, 4) is 5.69 Å². The molecule has 4 nitrogen and oxygen atoms in total. The molecule has 2 aromatic heterocycles. The number of hydrogen-bond acceptors (Lipinski definition) is 3. The number of alkyl halides is 4. The highest BCUT2D eigenvalue weighted by Crippen LogP contribution is 2.38. The van der Waals surface area contributed by atoms with Gasteiger partial charge < -0.3 is 0 Å². The summed E-state index contributed by atoms with van der Waals surface area (Å²) in [6.07, 6.45) is -5.14. The average Bonchev–Trinajstić information content (AvgIpc) is 3.30. The standard InChI is InChI=1S/C18H12ClF4N3O/c19-11-3-1-2-4-14(11)26-16-10(5-6-15(25-16)18(21,22)23)13(24-17(26)27)8-9-7-12(9)20/h1-6,9,12H,7-8H2/t9-,12+/m1/s1. The molecule has 1 aliphatic rings. The summed E-state index contributed by atoms with van der Waals surface area (Å²) in [7, 11) is 0. The summed E-state index contributed by atoms with van der Waals surface area (Å²) in [6, 6.07) is 8.27. The number of para-hydroxylation sites is 1. The highest BCUT2D eigenvalue weighted by Gasteiger charge is 2.38. The molecule has 0 unspecified atom stereocenters. The SMILES string of the molecule is O=c1nc(C[C@H]2C[C@@H]2F)c2ccc(C(F)(F)F)nc2n1-c1ccccc1Cl. The van der Waals surface area contributed by atoms with E-state index in [2.05, 4.69) is 9.97 Å². The fraction of sp³-hybridized carbons (Fsp3) is 0.278. The van der Waals surface area contributed by atoms with Crippen LogP contribution < -0.4 is 5.69 Å². The van der Waals surface area contributed by atoms with Crippen LogP contribution in [-0.2, 0) is 12.6 Å². The lowest BCUT2D eigenvalue weighted by Crippen LogP contribution is -2.25. The minimum Gasteiger partial charge on any atom is -0.247 e. The summed E-state index contributed by atoms with van der Waals surface area (Å²) in [5.41, 5.74) is -1.74. The van der Waals surface area contributed by atoms with E-state index in [9.17, 15) is 22.4 Å². The third kappa shape index (κ3) is 3.29. The zero-order valence-corrected chi connectivity index (χ0v) is 14.4. The van der Waals surface area contributed by atoms with E-state index < -0.39 is 23.7 Å².